The van der Waals surface area contributed by atoms with E-state index in [2.05, 4.69) is 16.7 Å². The molecule has 0 radical (unpaired) electrons. The van der Waals surface area contributed by atoms with E-state index in [1.54, 1.807) is 4.90 Å². The number of nitrogens with zero attached hydrogens (tertiary/aromatic N) is 1. The van der Waals surface area contributed by atoms with Crippen LogP contribution in [-0.4, -0.2) is 49.2 Å². The van der Waals surface area contributed by atoms with E-state index in [0.29, 0.717) is 32.6 Å². The minimum atomic E-state index is -0.627. The van der Waals surface area contributed by atoms with Crippen LogP contribution in [0.2, 0.25) is 0 Å². The van der Waals surface area contributed by atoms with Gasteiger partial charge >= 0.3 is 0 Å². The van der Waals surface area contributed by atoms with Gasteiger partial charge in [-0.15, -0.1) is 0 Å². The number of hydrogen-bond donors (Lipinski definition) is 3. The van der Waals surface area contributed by atoms with Crippen molar-refractivity contribution < 1.29 is 14.7 Å². The van der Waals surface area contributed by atoms with Crippen molar-refractivity contribution in [2.24, 2.45) is 11.8 Å². The van der Waals surface area contributed by atoms with E-state index in [1.807, 2.05) is 26.0 Å². The fourth-order valence-electron chi connectivity index (χ4n) is 3.57. The van der Waals surface area contributed by atoms with Gasteiger partial charge in [0.2, 0.25) is 11.8 Å². The number of carbonyl (C=O) groups is 2. The van der Waals surface area contributed by atoms with E-state index in [9.17, 15) is 14.7 Å². The van der Waals surface area contributed by atoms with Gasteiger partial charge in [-0.2, -0.15) is 0 Å². The number of anilines is 1. The second-order valence-electron chi connectivity index (χ2n) is 6.91. The summed E-state index contributed by atoms with van der Waals surface area (Å²) in [6.45, 7) is 6.22. The van der Waals surface area contributed by atoms with E-state index in [1.165, 1.54) is 0 Å². The summed E-state index contributed by atoms with van der Waals surface area (Å²) in [4.78, 5) is 26.7. The van der Waals surface area contributed by atoms with Gasteiger partial charge in [0, 0.05) is 37.8 Å². The molecule has 2 saturated heterocycles. The zero-order valence-corrected chi connectivity index (χ0v) is 14.2. The SMILES string of the molecule is Cc1cc(C)cc(N2CCC(C(=O)NCC3CNCC3O)C2=O)c1. The number of aryl methyl sites for hydroxylation is 2. The number of rotatable bonds is 4. The maximum atomic E-state index is 12.6. The van der Waals surface area contributed by atoms with Crippen molar-refractivity contribution >= 4 is 17.5 Å². The lowest BCUT2D eigenvalue weighted by molar-refractivity contribution is -0.132. The molecule has 0 saturated carbocycles. The molecular weight excluding hydrogens is 306 g/mol. The molecule has 2 fully saturated rings. The lowest BCUT2D eigenvalue weighted by Gasteiger charge is -2.19. The van der Waals surface area contributed by atoms with Crippen molar-refractivity contribution in [3.8, 4) is 0 Å². The van der Waals surface area contributed by atoms with E-state index < -0.39 is 12.0 Å². The van der Waals surface area contributed by atoms with Crippen LogP contribution in [0.1, 0.15) is 17.5 Å². The molecule has 1 aromatic rings. The molecule has 0 spiro atoms. The standard InChI is InChI=1S/C18H25N3O3/c1-11-5-12(2)7-14(6-11)21-4-3-15(18(21)24)17(23)20-9-13-8-19-10-16(13)22/h5-7,13,15-16,19,22H,3-4,8-10H2,1-2H3,(H,20,23). The number of β-amino-alcohol motifs (C(OH)–C–C–N with tert-alkyl or cyclic N) is 1. The van der Waals surface area contributed by atoms with Crippen LogP contribution in [-0.2, 0) is 9.59 Å². The van der Waals surface area contributed by atoms with E-state index in [4.69, 9.17) is 0 Å². The maximum Gasteiger partial charge on any atom is 0.239 e. The fraction of sp³-hybridized carbons (Fsp3) is 0.556. The smallest absolute Gasteiger partial charge is 0.239 e. The highest BCUT2D eigenvalue weighted by Gasteiger charge is 2.38. The van der Waals surface area contributed by atoms with Crippen molar-refractivity contribution in [1.29, 1.82) is 0 Å². The van der Waals surface area contributed by atoms with Crippen LogP contribution in [0, 0.1) is 25.7 Å². The molecule has 0 bridgehead atoms. The van der Waals surface area contributed by atoms with E-state index >= 15 is 0 Å². The maximum absolute atomic E-state index is 12.6. The van der Waals surface area contributed by atoms with Gasteiger partial charge in [-0.1, -0.05) is 6.07 Å². The van der Waals surface area contributed by atoms with Crippen LogP contribution >= 0.6 is 0 Å². The lowest BCUT2D eigenvalue weighted by Crippen LogP contribution is -2.40. The predicted molar refractivity (Wildman–Crippen MR) is 91.8 cm³/mol. The molecule has 24 heavy (non-hydrogen) atoms. The fourth-order valence-corrected chi connectivity index (χ4v) is 3.57. The molecule has 2 heterocycles. The monoisotopic (exact) mass is 331 g/mol. The molecule has 2 aliphatic heterocycles. The average molecular weight is 331 g/mol. The first kappa shape index (κ1) is 16.9. The van der Waals surface area contributed by atoms with Gasteiger partial charge in [-0.3, -0.25) is 9.59 Å². The summed E-state index contributed by atoms with van der Waals surface area (Å²) >= 11 is 0. The Morgan fingerprint density at radius 2 is 2.00 bits per heavy atom. The van der Waals surface area contributed by atoms with Crippen LogP contribution in [0.4, 0.5) is 5.69 Å². The first-order valence-corrected chi connectivity index (χ1v) is 8.52. The molecule has 1 aromatic carbocycles. The molecule has 0 aromatic heterocycles. The van der Waals surface area contributed by atoms with Gasteiger partial charge in [0.15, 0.2) is 0 Å². The molecular formula is C18H25N3O3. The summed E-state index contributed by atoms with van der Waals surface area (Å²) in [5.74, 6) is -0.980. The summed E-state index contributed by atoms with van der Waals surface area (Å²) in [7, 11) is 0. The van der Waals surface area contributed by atoms with Crippen molar-refractivity contribution in [3.05, 3.63) is 29.3 Å². The molecule has 3 N–H and O–H groups in total. The molecule has 3 rings (SSSR count). The highest BCUT2D eigenvalue weighted by atomic mass is 16.3. The molecule has 0 aliphatic carbocycles. The molecule has 6 nitrogen and oxygen atoms in total. The first-order chi connectivity index (χ1) is 11.5. The Kier molecular flexibility index (Phi) is 4.87. The molecule has 3 unspecified atom stereocenters. The van der Waals surface area contributed by atoms with Crippen LogP contribution in [0.25, 0.3) is 0 Å². The second kappa shape index (κ2) is 6.91. The summed E-state index contributed by atoms with van der Waals surface area (Å²) in [6, 6.07) is 6.02. The molecule has 2 aliphatic rings. The Morgan fingerprint density at radius 3 is 2.62 bits per heavy atom. The lowest BCUT2D eigenvalue weighted by atomic mass is 10.0. The zero-order valence-electron chi connectivity index (χ0n) is 14.2. The summed E-state index contributed by atoms with van der Waals surface area (Å²) in [6.07, 6.45) is 0.0969. The van der Waals surface area contributed by atoms with Gasteiger partial charge in [-0.05, 0) is 43.5 Å². The van der Waals surface area contributed by atoms with Crippen molar-refractivity contribution in [1.82, 2.24) is 10.6 Å². The molecule has 2 amide bonds. The predicted octanol–water partition coefficient (Wildman–Crippen LogP) is 0.353. The molecule has 6 heteroatoms. The average Bonchev–Trinajstić information content (AvgIpc) is 3.10. The summed E-state index contributed by atoms with van der Waals surface area (Å²) < 4.78 is 0. The number of aliphatic hydroxyl groups is 1. The van der Waals surface area contributed by atoms with Gasteiger partial charge in [0.05, 0.1) is 6.10 Å². The van der Waals surface area contributed by atoms with Gasteiger partial charge in [0.25, 0.3) is 0 Å². The van der Waals surface area contributed by atoms with E-state index in [-0.39, 0.29) is 17.7 Å². The Bertz CT molecular complexity index is 626. The van der Waals surface area contributed by atoms with Crippen LogP contribution in [0.5, 0.6) is 0 Å². The first-order valence-electron chi connectivity index (χ1n) is 8.52. The molecule has 130 valence electrons. The minimum Gasteiger partial charge on any atom is -0.391 e. The number of hydrogen-bond acceptors (Lipinski definition) is 4. The Balaban J connectivity index is 1.61. The van der Waals surface area contributed by atoms with Gasteiger partial charge in [-0.25, -0.2) is 0 Å². The minimum absolute atomic E-state index is 0.0148. The number of benzene rings is 1. The van der Waals surface area contributed by atoms with Crippen molar-refractivity contribution in [3.63, 3.8) is 0 Å². The highest BCUT2D eigenvalue weighted by Crippen LogP contribution is 2.27. The zero-order chi connectivity index (χ0) is 17.3. The quantitative estimate of drug-likeness (QED) is 0.696. The largest absolute Gasteiger partial charge is 0.391 e. The Labute approximate surface area is 142 Å². The highest BCUT2D eigenvalue weighted by molar-refractivity contribution is 6.09. The van der Waals surface area contributed by atoms with Crippen LogP contribution < -0.4 is 15.5 Å². The summed E-state index contributed by atoms with van der Waals surface area (Å²) in [5, 5.41) is 15.7. The topological polar surface area (TPSA) is 81.7 Å². The summed E-state index contributed by atoms with van der Waals surface area (Å²) in [5.41, 5.74) is 3.07. The van der Waals surface area contributed by atoms with Gasteiger partial charge < -0.3 is 20.6 Å². The van der Waals surface area contributed by atoms with Crippen LogP contribution in [0.15, 0.2) is 18.2 Å². The molecule has 3 atom stereocenters. The van der Waals surface area contributed by atoms with Crippen LogP contribution in [0.3, 0.4) is 0 Å². The third-order valence-corrected chi connectivity index (χ3v) is 4.88. The normalized spacial score (nSPS) is 26.9. The second-order valence-corrected chi connectivity index (χ2v) is 6.91. The van der Waals surface area contributed by atoms with Gasteiger partial charge in [0.1, 0.15) is 5.92 Å². The number of aliphatic hydroxyl groups excluding tert-OH is 1. The number of amides is 2. The third-order valence-electron chi connectivity index (χ3n) is 4.88. The third kappa shape index (κ3) is 3.44. The number of carbonyl (C=O) groups excluding carboxylic acids is 2. The van der Waals surface area contributed by atoms with E-state index in [0.717, 1.165) is 16.8 Å². The van der Waals surface area contributed by atoms with Crippen molar-refractivity contribution in [2.75, 3.05) is 31.1 Å². The Hall–Kier alpha value is -1.92. The Morgan fingerprint density at radius 1 is 1.29 bits per heavy atom. The number of nitrogens with one attached hydrogen (secondary N) is 2. The van der Waals surface area contributed by atoms with Crippen molar-refractivity contribution in [2.45, 2.75) is 26.4 Å².